The quantitative estimate of drug-likeness (QED) is 0.908. The van der Waals surface area contributed by atoms with Crippen LogP contribution in [0.1, 0.15) is 19.3 Å². The van der Waals surface area contributed by atoms with Crippen molar-refractivity contribution >= 4 is 11.6 Å². The number of nitrogens with one attached hydrogen (secondary N) is 1. The molecule has 1 aromatic heterocycles. The van der Waals surface area contributed by atoms with Crippen LogP contribution in [0.3, 0.4) is 0 Å². The fraction of sp³-hybridized carbons (Fsp3) is 0.333. The van der Waals surface area contributed by atoms with Crippen LogP contribution in [-0.4, -0.2) is 18.0 Å². The molecule has 1 amide bonds. The van der Waals surface area contributed by atoms with Crippen molar-refractivity contribution in [1.82, 2.24) is 4.98 Å². The van der Waals surface area contributed by atoms with Crippen molar-refractivity contribution < 1.29 is 13.9 Å². The Morgan fingerprint density at radius 3 is 3.00 bits per heavy atom. The lowest BCUT2D eigenvalue weighted by Crippen LogP contribution is -2.11. The molecule has 0 unspecified atom stereocenters. The fourth-order valence-corrected chi connectivity index (χ4v) is 2.12. The van der Waals surface area contributed by atoms with E-state index >= 15 is 0 Å². The third-order valence-electron chi connectivity index (χ3n) is 3.35. The van der Waals surface area contributed by atoms with Gasteiger partial charge in [-0.3, -0.25) is 4.79 Å². The van der Waals surface area contributed by atoms with Crippen molar-refractivity contribution in [2.45, 2.75) is 19.3 Å². The molecule has 3 rings (SSSR count). The second-order valence-electron chi connectivity index (χ2n) is 4.98. The molecule has 1 aliphatic carbocycles. The Hall–Kier alpha value is -2.30. The number of carbonyl (C=O) groups excluding carboxylic acids is 1. The van der Waals surface area contributed by atoms with E-state index in [2.05, 4.69) is 10.3 Å². The van der Waals surface area contributed by atoms with Crippen LogP contribution in [0.25, 0.3) is 11.3 Å². The number of amides is 1. The fourth-order valence-electron chi connectivity index (χ4n) is 2.12. The van der Waals surface area contributed by atoms with Gasteiger partial charge in [0, 0.05) is 18.2 Å². The molecule has 1 aliphatic rings. The van der Waals surface area contributed by atoms with Gasteiger partial charge < -0.3 is 14.5 Å². The van der Waals surface area contributed by atoms with E-state index in [-0.39, 0.29) is 5.91 Å². The normalized spacial score (nSPS) is 14.1. The van der Waals surface area contributed by atoms with E-state index in [1.54, 1.807) is 19.4 Å². The molecule has 0 atom stereocenters. The van der Waals surface area contributed by atoms with Crippen molar-refractivity contribution in [2.24, 2.45) is 5.92 Å². The molecule has 5 nitrogen and oxygen atoms in total. The zero-order chi connectivity index (χ0) is 13.9. The molecule has 0 spiro atoms. The number of carbonyl (C=O) groups is 1. The van der Waals surface area contributed by atoms with Gasteiger partial charge in [-0.05, 0) is 30.9 Å². The van der Waals surface area contributed by atoms with E-state index in [1.165, 1.54) is 19.2 Å². The number of hydrogen-bond donors (Lipinski definition) is 1. The molecule has 0 saturated heterocycles. The number of nitrogens with zero attached hydrogens (tertiary/aromatic N) is 1. The van der Waals surface area contributed by atoms with Gasteiger partial charge in [0.05, 0.1) is 18.9 Å². The zero-order valence-corrected chi connectivity index (χ0v) is 11.3. The minimum absolute atomic E-state index is 0.0574. The Balaban J connectivity index is 1.77. The highest BCUT2D eigenvalue weighted by Gasteiger charge is 2.24. The molecule has 20 heavy (non-hydrogen) atoms. The standard InChI is InChI=1S/C15H16N2O3/c1-19-13-7-11(17-15(18)6-10-2-3-10)4-5-12(13)14-8-16-9-20-14/h4-5,7-10H,2-3,6H2,1H3,(H,17,18). The highest BCUT2D eigenvalue weighted by molar-refractivity contribution is 5.91. The van der Waals surface area contributed by atoms with Gasteiger partial charge in [-0.25, -0.2) is 4.98 Å². The Morgan fingerprint density at radius 2 is 2.35 bits per heavy atom. The summed E-state index contributed by atoms with van der Waals surface area (Å²) in [6, 6.07) is 5.49. The Kier molecular flexibility index (Phi) is 3.41. The molecular weight excluding hydrogens is 256 g/mol. The van der Waals surface area contributed by atoms with E-state index in [1.807, 2.05) is 12.1 Å². The van der Waals surface area contributed by atoms with Crippen molar-refractivity contribution in [3.63, 3.8) is 0 Å². The van der Waals surface area contributed by atoms with E-state index in [9.17, 15) is 4.79 Å². The topological polar surface area (TPSA) is 64.4 Å². The Bertz CT molecular complexity index is 604. The summed E-state index contributed by atoms with van der Waals surface area (Å²) >= 11 is 0. The van der Waals surface area contributed by atoms with Crippen LogP contribution < -0.4 is 10.1 Å². The predicted octanol–water partition coefficient (Wildman–Crippen LogP) is 3.09. The first-order valence-corrected chi connectivity index (χ1v) is 6.63. The summed E-state index contributed by atoms with van der Waals surface area (Å²) in [5.74, 6) is 1.91. The molecule has 1 fully saturated rings. The molecule has 1 heterocycles. The molecule has 0 aliphatic heterocycles. The summed E-state index contributed by atoms with van der Waals surface area (Å²) in [4.78, 5) is 15.7. The van der Waals surface area contributed by atoms with E-state index in [0.717, 1.165) is 11.3 Å². The van der Waals surface area contributed by atoms with E-state index in [0.29, 0.717) is 23.8 Å². The van der Waals surface area contributed by atoms with Gasteiger partial charge in [0.25, 0.3) is 0 Å². The largest absolute Gasteiger partial charge is 0.496 e. The van der Waals surface area contributed by atoms with Crippen molar-refractivity contribution in [1.29, 1.82) is 0 Å². The SMILES string of the molecule is COc1cc(NC(=O)CC2CC2)ccc1-c1cnco1. The predicted molar refractivity (Wildman–Crippen MR) is 74.5 cm³/mol. The highest BCUT2D eigenvalue weighted by atomic mass is 16.5. The van der Waals surface area contributed by atoms with Gasteiger partial charge in [0.15, 0.2) is 12.2 Å². The van der Waals surface area contributed by atoms with E-state index < -0.39 is 0 Å². The summed E-state index contributed by atoms with van der Waals surface area (Å²) in [7, 11) is 1.59. The summed E-state index contributed by atoms with van der Waals surface area (Å²) < 4.78 is 10.6. The first-order chi connectivity index (χ1) is 9.76. The first kappa shape index (κ1) is 12.7. The van der Waals surface area contributed by atoms with Crippen LogP contribution in [0.4, 0.5) is 5.69 Å². The smallest absolute Gasteiger partial charge is 0.224 e. The first-order valence-electron chi connectivity index (χ1n) is 6.63. The summed E-state index contributed by atoms with van der Waals surface area (Å²) in [5, 5.41) is 2.90. The lowest BCUT2D eigenvalue weighted by Gasteiger charge is -2.10. The van der Waals surface area contributed by atoms with Crippen LogP contribution in [0.5, 0.6) is 5.75 Å². The number of ether oxygens (including phenoxy) is 1. The van der Waals surface area contributed by atoms with Gasteiger partial charge in [0.1, 0.15) is 5.75 Å². The van der Waals surface area contributed by atoms with Crippen LogP contribution in [-0.2, 0) is 4.79 Å². The lowest BCUT2D eigenvalue weighted by molar-refractivity contribution is -0.116. The van der Waals surface area contributed by atoms with Crippen molar-refractivity contribution in [3.8, 4) is 17.1 Å². The van der Waals surface area contributed by atoms with E-state index in [4.69, 9.17) is 9.15 Å². The number of methoxy groups -OCH3 is 1. The molecule has 1 saturated carbocycles. The summed E-state index contributed by atoms with van der Waals surface area (Å²) in [6.45, 7) is 0. The van der Waals surface area contributed by atoms with Crippen molar-refractivity contribution in [2.75, 3.05) is 12.4 Å². The molecule has 1 aromatic carbocycles. The minimum atomic E-state index is 0.0574. The van der Waals surface area contributed by atoms with Crippen LogP contribution in [0.15, 0.2) is 35.2 Å². The number of benzene rings is 1. The van der Waals surface area contributed by atoms with Crippen LogP contribution in [0.2, 0.25) is 0 Å². The monoisotopic (exact) mass is 272 g/mol. The molecule has 104 valence electrons. The average molecular weight is 272 g/mol. The lowest BCUT2D eigenvalue weighted by atomic mass is 10.1. The summed E-state index contributed by atoms with van der Waals surface area (Å²) in [6.07, 6.45) is 5.94. The number of aromatic nitrogens is 1. The number of anilines is 1. The zero-order valence-electron chi connectivity index (χ0n) is 11.3. The molecule has 5 heteroatoms. The third kappa shape index (κ3) is 2.82. The maximum atomic E-state index is 11.8. The van der Waals surface area contributed by atoms with Crippen LogP contribution in [0, 0.1) is 5.92 Å². The number of oxazole rings is 1. The Labute approximate surface area is 117 Å². The van der Waals surface area contributed by atoms with Gasteiger partial charge in [-0.2, -0.15) is 0 Å². The molecule has 0 bridgehead atoms. The highest BCUT2D eigenvalue weighted by Crippen LogP contribution is 2.34. The maximum Gasteiger partial charge on any atom is 0.224 e. The number of rotatable bonds is 5. The van der Waals surface area contributed by atoms with Gasteiger partial charge in [-0.15, -0.1) is 0 Å². The molecule has 0 radical (unpaired) electrons. The second-order valence-corrected chi connectivity index (χ2v) is 4.98. The second kappa shape index (κ2) is 5.36. The van der Waals surface area contributed by atoms with Gasteiger partial charge in [0.2, 0.25) is 5.91 Å². The Morgan fingerprint density at radius 1 is 1.50 bits per heavy atom. The van der Waals surface area contributed by atoms with Gasteiger partial charge in [-0.1, -0.05) is 0 Å². The molecule has 2 aromatic rings. The number of hydrogen-bond acceptors (Lipinski definition) is 4. The van der Waals surface area contributed by atoms with Gasteiger partial charge >= 0.3 is 0 Å². The average Bonchev–Trinajstić information content (AvgIpc) is 3.08. The minimum Gasteiger partial charge on any atom is -0.496 e. The van der Waals surface area contributed by atoms with Crippen molar-refractivity contribution in [3.05, 3.63) is 30.8 Å². The maximum absolute atomic E-state index is 11.8. The third-order valence-corrected chi connectivity index (χ3v) is 3.35. The summed E-state index contributed by atoms with van der Waals surface area (Å²) in [5.41, 5.74) is 1.54. The molecular formula is C15H16N2O3. The molecule has 1 N–H and O–H groups in total. The van der Waals surface area contributed by atoms with Crippen LogP contribution >= 0.6 is 0 Å².